The molecule has 1 unspecified atom stereocenters. The highest BCUT2D eigenvalue weighted by atomic mass is 16.5. The van der Waals surface area contributed by atoms with Crippen molar-refractivity contribution in [1.82, 2.24) is 9.78 Å². The van der Waals surface area contributed by atoms with Crippen LogP contribution in [0, 0.1) is 0 Å². The van der Waals surface area contributed by atoms with Crippen molar-refractivity contribution >= 4 is 5.97 Å². The minimum absolute atomic E-state index is 0.270. The van der Waals surface area contributed by atoms with E-state index in [0.29, 0.717) is 12.0 Å². The van der Waals surface area contributed by atoms with E-state index in [2.05, 4.69) is 23.8 Å². The van der Waals surface area contributed by atoms with Gasteiger partial charge >= 0.3 is 5.97 Å². The molecule has 0 saturated carbocycles. The third kappa shape index (κ3) is 3.11. The second-order valence-electron chi connectivity index (χ2n) is 6.20. The fourth-order valence-corrected chi connectivity index (χ4v) is 3.14. The van der Waals surface area contributed by atoms with Crippen molar-refractivity contribution in [1.29, 1.82) is 0 Å². The summed E-state index contributed by atoms with van der Waals surface area (Å²) in [6.07, 6.45) is 4.15. The molecular formula is C21H18N2O2. The Bertz CT molecular complexity index is 912. The van der Waals surface area contributed by atoms with E-state index in [1.165, 1.54) is 5.56 Å². The molecule has 1 saturated heterocycles. The molecule has 0 N–H and O–H groups in total. The molecule has 4 heteroatoms. The van der Waals surface area contributed by atoms with Gasteiger partial charge in [-0.2, -0.15) is 5.10 Å². The van der Waals surface area contributed by atoms with Gasteiger partial charge in [-0.1, -0.05) is 61.2 Å². The number of carbonyl (C=O) groups is 1. The van der Waals surface area contributed by atoms with Crippen LogP contribution in [0.15, 0.2) is 79.1 Å². The van der Waals surface area contributed by atoms with E-state index >= 15 is 0 Å². The van der Waals surface area contributed by atoms with E-state index in [0.717, 1.165) is 23.2 Å². The predicted molar refractivity (Wildman–Crippen MR) is 95.8 cm³/mol. The van der Waals surface area contributed by atoms with Gasteiger partial charge in [-0.3, -0.25) is 4.68 Å². The van der Waals surface area contributed by atoms with E-state index in [9.17, 15) is 4.79 Å². The van der Waals surface area contributed by atoms with Crippen LogP contribution in [0.1, 0.15) is 23.7 Å². The molecule has 124 valence electrons. The molecular weight excluding hydrogens is 312 g/mol. The largest absolute Gasteiger partial charge is 0.454 e. The quantitative estimate of drug-likeness (QED) is 0.533. The number of rotatable bonds is 4. The first-order chi connectivity index (χ1) is 12.2. The first-order valence-corrected chi connectivity index (χ1v) is 8.25. The molecule has 25 heavy (non-hydrogen) atoms. The molecule has 4 rings (SSSR count). The maximum Gasteiger partial charge on any atom is 0.334 e. The number of hydrogen-bond acceptors (Lipinski definition) is 3. The van der Waals surface area contributed by atoms with Gasteiger partial charge in [0, 0.05) is 29.3 Å². The molecule has 0 amide bonds. The summed E-state index contributed by atoms with van der Waals surface area (Å²) in [7, 11) is 0. The summed E-state index contributed by atoms with van der Waals surface area (Å²) in [5, 5.41) is 4.48. The van der Waals surface area contributed by atoms with E-state index < -0.39 is 0 Å². The molecule has 1 aromatic heterocycles. The van der Waals surface area contributed by atoms with Crippen LogP contribution in [0.5, 0.6) is 0 Å². The Labute approximate surface area is 146 Å². The van der Waals surface area contributed by atoms with Gasteiger partial charge in [0.2, 0.25) is 0 Å². The molecule has 1 fully saturated rings. The Morgan fingerprint density at radius 2 is 1.88 bits per heavy atom. The lowest BCUT2D eigenvalue weighted by molar-refractivity contribution is -0.139. The lowest BCUT2D eigenvalue weighted by atomic mass is 9.96. The highest BCUT2D eigenvalue weighted by molar-refractivity contribution is 5.90. The maximum atomic E-state index is 11.7. The first kappa shape index (κ1) is 15.4. The van der Waals surface area contributed by atoms with Gasteiger partial charge in [-0.05, 0) is 11.1 Å². The number of carbonyl (C=O) groups excluding carboxylic acids is 1. The zero-order chi connectivity index (χ0) is 17.2. The Kier molecular flexibility index (Phi) is 3.94. The summed E-state index contributed by atoms with van der Waals surface area (Å²) < 4.78 is 7.38. The van der Waals surface area contributed by atoms with Crippen LogP contribution in [0.25, 0.3) is 11.1 Å². The number of hydrogen-bond donors (Lipinski definition) is 0. The standard InChI is InChI=1S/C21H18N2O2/c1-15-11-20(25-21(15)24)19-10-6-5-9-18(19)17-12-22-23(14-17)13-16-7-3-2-4-8-16/h2-10,12,14,20H,1,11,13H2. The Morgan fingerprint density at radius 3 is 2.64 bits per heavy atom. The smallest absolute Gasteiger partial charge is 0.334 e. The zero-order valence-electron chi connectivity index (χ0n) is 13.8. The summed E-state index contributed by atoms with van der Waals surface area (Å²) >= 11 is 0. The summed E-state index contributed by atoms with van der Waals surface area (Å²) in [5.41, 5.74) is 4.77. The molecule has 2 aromatic carbocycles. The van der Waals surface area contributed by atoms with Crippen LogP contribution >= 0.6 is 0 Å². The molecule has 1 aliphatic heterocycles. The van der Waals surface area contributed by atoms with Gasteiger partial charge in [-0.15, -0.1) is 0 Å². The van der Waals surface area contributed by atoms with E-state index in [1.54, 1.807) is 0 Å². The van der Waals surface area contributed by atoms with Crippen molar-refractivity contribution in [3.63, 3.8) is 0 Å². The van der Waals surface area contributed by atoms with Crippen LogP contribution in [0.4, 0.5) is 0 Å². The lowest BCUT2D eigenvalue weighted by Crippen LogP contribution is -2.01. The normalized spacial score (nSPS) is 16.9. The number of esters is 1. The molecule has 4 nitrogen and oxygen atoms in total. The molecule has 1 atom stereocenters. The molecule has 1 aliphatic rings. The number of ether oxygens (including phenoxy) is 1. The molecule has 3 aromatic rings. The van der Waals surface area contributed by atoms with Gasteiger partial charge in [0.05, 0.1) is 12.7 Å². The van der Waals surface area contributed by atoms with Crippen molar-refractivity contribution < 1.29 is 9.53 Å². The third-order valence-corrected chi connectivity index (χ3v) is 4.41. The summed E-state index contributed by atoms with van der Waals surface area (Å²) in [6.45, 7) is 4.49. The van der Waals surface area contributed by atoms with E-state index in [1.807, 2.05) is 59.5 Å². The Morgan fingerprint density at radius 1 is 1.12 bits per heavy atom. The maximum absolute atomic E-state index is 11.7. The minimum atomic E-state index is -0.306. The predicted octanol–water partition coefficient (Wildman–Crippen LogP) is 4.14. The van der Waals surface area contributed by atoms with Crippen LogP contribution in [0.2, 0.25) is 0 Å². The molecule has 0 spiro atoms. The molecule has 2 heterocycles. The molecule has 0 radical (unpaired) electrons. The number of aromatic nitrogens is 2. The second-order valence-corrected chi connectivity index (χ2v) is 6.20. The van der Waals surface area contributed by atoms with Crippen LogP contribution in [0.3, 0.4) is 0 Å². The Hall–Kier alpha value is -3.14. The van der Waals surface area contributed by atoms with Crippen molar-refractivity contribution in [2.75, 3.05) is 0 Å². The SMILES string of the molecule is C=C1CC(c2ccccc2-c2cnn(Cc3ccccc3)c2)OC1=O. The highest BCUT2D eigenvalue weighted by Gasteiger charge is 2.30. The monoisotopic (exact) mass is 330 g/mol. The fraction of sp³-hybridized carbons (Fsp3) is 0.143. The number of benzene rings is 2. The van der Waals surface area contributed by atoms with Crippen molar-refractivity contribution in [2.45, 2.75) is 19.1 Å². The topological polar surface area (TPSA) is 44.1 Å². The van der Waals surface area contributed by atoms with E-state index in [4.69, 9.17) is 4.74 Å². The summed E-state index contributed by atoms with van der Waals surface area (Å²) in [5.74, 6) is -0.306. The first-order valence-electron chi connectivity index (χ1n) is 8.25. The molecule has 0 aliphatic carbocycles. The average molecular weight is 330 g/mol. The Balaban J connectivity index is 1.63. The number of cyclic esters (lactones) is 1. The van der Waals surface area contributed by atoms with Crippen molar-refractivity contribution in [2.24, 2.45) is 0 Å². The van der Waals surface area contributed by atoms with Crippen molar-refractivity contribution in [3.05, 3.63) is 90.3 Å². The second kappa shape index (κ2) is 6.40. The summed E-state index contributed by atoms with van der Waals surface area (Å²) in [6, 6.07) is 18.2. The van der Waals surface area contributed by atoms with Gasteiger partial charge in [-0.25, -0.2) is 4.79 Å². The highest BCUT2D eigenvalue weighted by Crippen LogP contribution is 2.37. The lowest BCUT2D eigenvalue weighted by Gasteiger charge is -2.13. The average Bonchev–Trinajstić information content (AvgIpc) is 3.23. The van der Waals surface area contributed by atoms with Gasteiger partial charge in [0.25, 0.3) is 0 Å². The number of nitrogens with zero attached hydrogens (tertiary/aromatic N) is 2. The van der Waals surface area contributed by atoms with Crippen LogP contribution in [-0.2, 0) is 16.1 Å². The van der Waals surface area contributed by atoms with Gasteiger partial charge < -0.3 is 4.74 Å². The van der Waals surface area contributed by atoms with Crippen LogP contribution < -0.4 is 0 Å². The fourth-order valence-electron chi connectivity index (χ4n) is 3.14. The zero-order valence-corrected chi connectivity index (χ0v) is 13.8. The minimum Gasteiger partial charge on any atom is -0.454 e. The van der Waals surface area contributed by atoms with Gasteiger partial charge in [0.15, 0.2) is 0 Å². The van der Waals surface area contributed by atoms with Crippen LogP contribution in [-0.4, -0.2) is 15.7 Å². The van der Waals surface area contributed by atoms with E-state index in [-0.39, 0.29) is 12.1 Å². The van der Waals surface area contributed by atoms with Gasteiger partial charge in [0.1, 0.15) is 6.10 Å². The third-order valence-electron chi connectivity index (χ3n) is 4.41. The van der Waals surface area contributed by atoms with Crippen molar-refractivity contribution in [3.8, 4) is 11.1 Å². The summed E-state index contributed by atoms with van der Waals surface area (Å²) in [4.78, 5) is 11.7. The molecule has 0 bridgehead atoms.